The van der Waals surface area contributed by atoms with E-state index < -0.39 is 0 Å². The SMILES string of the molecule is CC(C)CCOCCNc1ncc(Br)cc1F. The van der Waals surface area contributed by atoms with Gasteiger partial charge in [-0.3, -0.25) is 0 Å². The summed E-state index contributed by atoms with van der Waals surface area (Å²) >= 11 is 3.16. The second kappa shape index (κ2) is 7.61. The van der Waals surface area contributed by atoms with E-state index in [9.17, 15) is 4.39 Å². The van der Waals surface area contributed by atoms with Crippen molar-refractivity contribution in [3.8, 4) is 0 Å². The first-order chi connectivity index (χ1) is 8.09. The number of hydrogen-bond donors (Lipinski definition) is 1. The van der Waals surface area contributed by atoms with Crippen molar-refractivity contribution in [1.82, 2.24) is 4.98 Å². The highest BCUT2D eigenvalue weighted by Crippen LogP contribution is 2.15. The van der Waals surface area contributed by atoms with Crippen LogP contribution in [0.1, 0.15) is 20.3 Å². The minimum Gasteiger partial charge on any atom is -0.380 e. The van der Waals surface area contributed by atoms with Crippen molar-refractivity contribution in [3.05, 3.63) is 22.6 Å². The summed E-state index contributed by atoms with van der Waals surface area (Å²) in [6.07, 6.45) is 2.61. The molecule has 17 heavy (non-hydrogen) atoms. The fourth-order valence-corrected chi connectivity index (χ4v) is 1.51. The molecule has 0 unspecified atom stereocenters. The van der Waals surface area contributed by atoms with Gasteiger partial charge in [-0.2, -0.15) is 0 Å². The third-order valence-corrected chi connectivity index (χ3v) is 2.62. The molecule has 0 aliphatic rings. The Morgan fingerprint density at radius 2 is 2.24 bits per heavy atom. The first-order valence-electron chi connectivity index (χ1n) is 5.72. The molecule has 0 spiro atoms. The second-order valence-electron chi connectivity index (χ2n) is 4.21. The Hall–Kier alpha value is -0.680. The molecule has 1 N–H and O–H groups in total. The Balaban J connectivity index is 2.18. The smallest absolute Gasteiger partial charge is 0.166 e. The highest BCUT2D eigenvalue weighted by atomic mass is 79.9. The number of nitrogens with one attached hydrogen (secondary N) is 1. The average molecular weight is 305 g/mol. The van der Waals surface area contributed by atoms with E-state index in [0.717, 1.165) is 13.0 Å². The van der Waals surface area contributed by atoms with Gasteiger partial charge in [0.15, 0.2) is 11.6 Å². The van der Waals surface area contributed by atoms with Gasteiger partial charge in [-0.25, -0.2) is 9.37 Å². The van der Waals surface area contributed by atoms with Crippen molar-refractivity contribution in [2.45, 2.75) is 20.3 Å². The maximum atomic E-state index is 13.3. The lowest BCUT2D eigenvalue weighted by Crippen LogP contribution is -2.12. The molecule has 1 heterocycles. The number of hydrogen-bond acceptors (Lipinski definition) is 3. The molecule has 0 aromatic carbocycles. The molecule has 1 aromatic heterocycles. The van der Waals surface area contributed by atoms with Crippen LogP contribution in [0.4, 0.5) is 10.2 Å². The Morgan fingerprint density at radius 3 is 2.88 bits per heavy atom. The first kappa shape index (κ1) is 14.4. The molecule has 1 aromatic rings. The largest absolute Gasteiger partial charge is 0.380 e. The average Bonchev–Trinajstić information content (AvgIpc) is 2.25. The molecule has 0 fully saturated rings. The molecule has 5 heteroatoms. The van der Waals surface area contributed by atoms with Crippen LogP contribution in [0, 0.1) is 11.7 Å². The molecule has 0 amide bonds. The maximum Gasteiger partial charge on any atom is 0.166 e. The van der Waals surface area contributed by atoms with Gasteiger partial charge in [0.2, 0.25) is 0 Å². The van der Waals surface area contributed by atoms with Crippen molar-refractivity contribution in [1.29, 1.82) is 0 Å². The highest BCUT2D eigenvalue weighted by Gasteiger charge is 2.03. The second-order valence-corrected chi connectivity index (χ2v) is 5.12. The summed E-state index contributed by atoms with van der Waals surface area (Å²) in [5.74, 6) is 0.552. The van der Waals surface area contributed by atoms with E-state index in [0.29, 0.717) is 23.5 Å². The molecular weight excluding hydrogens is 287 g/mol. The zero-order valence-electron chi connectivity index (χ0n) is 10.2. The normalized spacial score (nSPS) is 10.9. The van der Waals surface area contributed by atoms with Crippen LogP contribution in [0.25, 0.3) is 0 Å². The van der Waals surface area contributed by atoms with Gasteiger partial charge >= 0.3 is 0 Å². The van der Waals surface area contributed by atoms with Gasteiger partial charge in [0.05, 0.1) is 6.61 Å². The highest BCUT2D eigenvalue weighted by molar-refractivity contribution is 9.10. The van der Waals surface area contributed by atoms with Crippen LogP contribution in [0.3, 0.4) is 0 Å². The number of anilines is 1. The fourth-order valence-electron chi connectivity index (χ4n) is 1.21. The predicted molar refractivity (Wildman–Crippen MR) is 70.7 cm³/mol. The van der Waals surface area contributed by atoms with E-state index in [-0.39, 0.29) is 11.6 Å². The summed E-state index contributed by atoms with van der Waals surface area (Å²) in [4.78, 5) is 3.94. The molecule has 0 aliphatic heterocycles. The van der Waals surface area contributed by atoms with Crippen LogP contribution in [-0.2, 0) is 4.74 Å². The predicted octanol–water partition coefficient (Wildman–Crippen LogP) is 3.46. The number of nitrogens with zero attached hydrogens (tertiary/aromatic N) is 1. The van der Waals surface area contributed by atoms with Crippen molar-refractivity contribution in [3.63, 3.8) is 0 Å². The van der Waals surface area contributed by atoms with Crippen LogP contribution in [0.2, 0.25) is 0 Å². The van der Waals surface area contributed by atoms with Gasteiger partial charge in [-0.05, 0) is 34.3 Å². The summed E-state index contributed by atoms with van der Waals surface area (Å²) in [5.41, 5.74) is 0. The molecule has 3 nitrogen and oxygen atoms in total. The van der Waals surface area contributed by atoms with E-state index in [2.05, 4.69) is 40.1 Å². The third-order valence-electron chi connectivity index (χ3n) is 2.19. The maximum absolute atomic E-state index is 13.3. The van der Waals surface area contributed by atoms with Crippen LogP contribution < -0.4 is 5.32 Å². The van der Waals surface area contributed by atoms with E-state index in [1.807, 2.05) is 0 Å². The monoisotopic (exact) mass is 304 g/mol. The van der Waals surface area contributed by atoms with Gasteiger partial charge in [-0.1, -0.05) is 13.8 Å². The van der Waals surface area contributed by atoms with E-state index in [1.165, 1.54) is 6.07 Å². The summed E-state index contributed by atoms with van der Waals surface area (Å²) in [5, 5.41) is 2.90. The molecule has 0 saturated heterocycles. The lowest BCUT2D eigenvalue weighted by atomic mass is 10.1. The van der Waals surface area contributed by atoms with E-state index in [1.54, 1.807) is 6.20 Å². The fraction of sp³-hybridized carbons (Fsp3) is 0.583. The summed E-state index contributed by atoms with van der Waals surface area (Å²) < 4.78 is 19.4. The minimum atomic E-state index is -0.360. The topological polar surface area (TPSA) is 34.1 Å². The molecule has 0 bridgehead atoms. The Morgan fingerprint density at radius 1 is 1.47 bits per heavy atom. The molecule has 0 saturated carbocycles. The van der Waals surface area contributed by atoms with Gasteiger partial charge < -0.3 is 10.1 Å². The van der Waals surface area contributed by atoms with E-state index >= 15 is 0 Å². The standard InChI is InChI=1S/C12H18BrFN2O/c1-9(2)3-5-17-6-4-15-12-11(14)7-10(13)8-16-12/h7-9H,3-6H2,1-2H3,(H,15,16). The van der Waals surface area contributed by atoms with Crippen LogP contribution in [-0.4, -0.2) is 24.7 Å². The molecule has 96 valence electrons. The molecule has 0 radical (unpaired) electrons. The number of aromatic nitrogens is 1. The molecular formula is C12H18BrFN2O. The first-order valence-corrected chi connectivity index (χ1v) is 6.51. The van der Waals surface area contributed by atoms with Crippen molar-refractivity contribution >= 4 is 21.7 Å². The zero-order chi connectivity index (χ0) is 12.7. The molecule has 1 rings (SSSR count). The van der Waals surface area contributed by atoms with Gasteiger partial charge in [0.1, 0.15) is 0 Å². The van der Waals surface area contributed by atoms with Gasteiger partial charge in [-0.15, -0.1) is 0 Å². The van der Waals surface area contributed by atoms with E-state index in [4.69, 9.17) is 4.74 Å². The van der Waals surface area contributed by atoms with Crippen LogP contribution in [0.5, 0.6) is 0 Å². The van der Waals surface area contributed by atoms with Crippen molar-refractivity contribution in [2.24, 2.45) is 5.92 Å². The number of pyridine rings is 1. The number of rotatable bonds is 7. The lowest BCUT2D eigenvalue weighted by molar-refractivity contribution is 0.132. The summed E-state index contributed by atoms with van der Waals surface area (Å²) in [7, 11) is 0. The molecule has 0 atom stereocenters. The number of ether oxygens (including phenoxy) is 1. The van der Waals surface area contributed by atoms with Crippen LogP contribution >= 0.6 is 15.9 Å². The Bertz CT molecular complexity index is 347. The quantitative estimate of drug-likeness (QED) is 0.783. The Labute approximate surface area is 110 Å². The van der Waals surface area contributed by atoms with Crippen molar-refractivity contribution < 1.29 is 9.13 Å². The lowest BCUT2D eigenvalue weighted by Gasteiger charge is -2.08. The summed E-state index contributed by atoms with van der Waals surface area (Å²) in [6, 6.07) is 1.38. The third kappa shape index (κ3) is 5.98. The number of halogens is 2. The van der Waals surface area contributed by atoms with Crippen molar-refractivity contribution in [2.75, 3.05) is 25.1 Å². The Kier molecular flexibility index (Phi) is 6.44. The molecule has 0 aliphatic carbocycles. The zero-order valence-corrected chi connectivity index (χ0v) is 11.8. The van der Waals surface area contributed by atoms with Gasteiger partial charge in [0.25, 0.3) is 0 Å². The minimum absolute atomic E-state index is 0.264. The van der Waals surface area contributed by atoms with Gasteiger partial charge in [0, 0.05) is 23.8 Å². The van der Waals surface area contributed by atoms with Crippen LogP contribution in [0.15, 0.2) is 16.7 Å². The summed E-state index contributed by atoms with van der Waals surface area (Å²) in [6.45, 7) is 6.18.